The number of ether oxygens (including phenoxy) is 2. The van der Waals surface area contributed by atoms with Crippen molar-refractivity contribution in [2.45, 2.75) is 11.4 Å². The highest BCUT2D eigenvalue weighted by Gasteiger charge is 2.21. The summed E-state index contributed by atoms with van der Waals surface area (Å²) >= 11 is 5.88. The predicted octanol–water partition coefficient (Wildman–Crippen LogP) is 3.18. The van der Waals surface area contributed by atoms with Gasteiger partial charge in [0.2, 0.25) is 10.0 Å². The number of benzene rings is 2. The van der Waals surface area contributed by atoms with E-state index < -0.39 is 10.0 Å². The first-order valence-corrected chi connectivity index (χ1v) is 8.63. The molecule has 0 fully saturated rings. The van der Waals surface area contributed by atoms with Gasteiger partial charge in [0.05, 0.1) is 19.1 Å². The highest BCUT2D eigenvalue weighted by molar-refractivity contribution is 7.89. The average Bonchev–Trinajstić information content (AvgIpc) is 2.54. The Morgan fingerprint density at radius 2 is 1.74 bits per heavy atom. The molecule has 23 heavy (non-hydrogen) atoms. The monoisotopic (exact) mass is 355 g/mol. The van der Waals surface area contributed by atoms with Gasteiger partial charge in [-0.1, -0.05) is 23.7 Å². The molecule has 2 aromatic rings. The Morgan fingerprint density at radius 3 is 2.35 bits per heavy atom. The quantitative estimate of drug-likeness (QED) is 0.798. The summed E-state index contributed by atoms with van der Waals surface area (Å²) in [6.07, 6.45) is 0. The van der Waals surface area contributed by atoms with Crippen LogP contribution in [0.4, 0.5) is 0 Å². The lowest BCUT2D eigenvalue weighted by molar-refractivity contribution is 0.354. The minimum atomic E-state index is -3.62. The van der Waals surface area contributed by atoms with Gasteiger partial charge in [0.15, 0.2) is 11.5 Å². The molecular formula is C16H18ClNO4S. The first-order valence-electron chi connectivity index (χ1n) is 6.81. The molecule has 0 radical (unpaired) electrons. The summed E-state index contributed by atoms with van der Waals surface area (Å²) in [5, 5.41) is 0.380. The summed E-state index contributed by atoms with van der Waals surface area (Å²) in [5.74, 6) is 1.15. The molecule has 0 spiro atoms. The Kier molecular flexibility index (Phi) is 5.51. The molecule has 0 aliphatic heterocycles. The van der Waals surface area contributed by atoms with Gasteiger partial charge in [0.25, 0.3) is 0 Å². The first kappa shape index (κ1) is 17.6. The molecule has 2 aromatic carbocycles. The van der Waals surface area contributed by atoms with Crippen LogP contribution in [-0.4, -0.2) is 34.0 Å². The normalized spacial score (nSPS) is 11.5. The molecule has 5 nitrogen and oxygen atoms in total. The highest BCUT2D eigenvalue weighted by atomic mass is 35.5. The summed E-state index contributed by atoms with van der Waals surface area (Å²) in [7, 11) is 0.987. The van der Waals surface area contributed by atoms with E-state index in [4.69, 9.17) is 21.1 Å². The molecule has 0 aliphatic rings. The maximum Gasteiger partial charge on any atom is 0.243 e. The lowest BCUT2D eigenvalue weighted by Crippen LogP contribution is -2.26. The zero-order valence-electron chi connectivity index (χ0n) is 13.1. The van der Waals surface area contributed by atoms with E-state index in [9.17, 15) is 8.42 Å². The van der Waals surface area contributed by atoms with Crippen molar-refractivity contribution < 1.29 is 17.9 Å². The Bertz CT molecular complexity index is 792. The van der Waals surface area contributed by atoms with Crippen LogP contribution >= 0.6 is 11.6 Å². The van der Waals surface area contributed by atoms with Crippen molar-refractivity contribution in [2.24, 2.45) is 0 Å². The molecule has 0 amide bonds. The van der Waals surface area contributed by atoms with Crippen molar-refractivity contribution in [3.8, 4) is 11.5 Å². The van der Waals surface area contributed by atoms with Crippen molar-refractivity contribution in [3.63, 3.8) is 0 Å². The number of nitrogens with zero attached hydrogens (tertiary/aromatic N) is 1. The van der Waals surface area contributed by atoms with Gasteiger partial charge in [0, 0.05) is 18.6 Å². The number of hydrogen-bond donors (Lipinski definition) is 0. The second-order valence-corrected chi connectivity index (χ2v) is 7.39. The first-order chi connectivity index (χ1) is 10.9. The molecule has 0 atom stereocenters. The number of halogens is 1. The molecule has 0 saturated carbocycles. The Morgan fingerprint density at radius 1 is 1.04 bits per heavy atom. The van der Waals surface area contributed by atoms with Crippen molar-refractivity contribution in [1.29, 1.82) is 0 Å². The maximum absolute atomic E-state index is 12.6. The topological polar surface area (TPSA) is 55.8 Å². The van der Waals surface area contributed by atoms with Crippen molar-refractivity contribution in [1.82, 2.24) is 4.31 Å². The van der Waals surface area contributed by atoms with E-state index in [2.05, 4.69) is 0 Å². The molecule has 0 unspecified atom stereocenters. The van der Waals surface area contributed by atoms with Gasteiger partial charge >= 0.3 is 0 Å². The molecule has 0 aromatic heterocycles. The van der Waals surface area contributed by atoms with E-state index in [1.807, 2.05) is 0 Å². The second-order valence-electron chi connectivity index (χ2n) is 4.91. The fourth-order valence-electron chi connectivity index (χ4n) is 2.13. The SMILES string of the molecule is COc1ccc(CN(C)S(=O)(=O)c2cccc(Cl)c2)cc1OC. The van der Waals surface area contributed by atoms with E-state index in [0.29, 0.717) is 16.5 Å². The van der Waals surface area contributed by atoms with Crippen molar-refractivity contribution in [2.75, 3.05) is 21.3 Å². The standard InChI is InChI=1S/C16H18ClNO4S/c1-18(23(19,20)14-6-4-5-13(17)10-14)11-12-7-8-15(21-2)16(9-12)22-3/h4-10H,11H2,1-3H3. The van der Waals surface area contributed by atoms with Gasteiger partial charge in [-0.2, -0.15) is 4.31 Å². The fourth-order valence-corrected chi connectivity index (χ4v) is 3.59. The van der Waals surface area contributed by atoms with Gasteiger partial charge in [-0.05, 0) is 35.9 Å². The zero-order chi connectivity index (χ0) is 17.0. The van der Waals surface area contributed by atoms with Crippen LogP contribution in [0.2, 0.25) is 5.02 Å². The van der Waals surface area contributed by atoms with Gasteiger partial charge in [0.1, 0.15) is 0 Å². The Hall–Kier alpha value is -1.76. The summed E-state index contributed by atoms with van der Waals surface area (Å²) < 4.78 is 36.8. The van der Waals surface area contributed by atoms with Crippen LogP contribution in [-0.2, 0) is 16.6 Å². The molecule has 0 N–H and O–H groups in total. The molecule has 2 rings (SSSR count). The van der Waals surface area contributed by atoms with Crippen LogP contribution in [0.15, 0.2) is 47.4 Å². The summed E-state index contributed by atoms with van der Waals surface area (Å²) in [6.45, 7) is 0.204. The molecule has 0 bridgehead atoms. The minimum Gasteiger partial charge on any atom is -0.493 e. The van der Waals surface area contributed by atoms with Crippen molar-refractivity contribution >= 4 is 21.6 Å². The molecule has 0 heterocycles. The fraction of sp³-hybridized carbons (Fsp3) is 0.250. The van der Waals surface area contributed by atoms with Crippen LogP contribution < -0.4 is 9.47 Å². The molecule has 0 aliphatic carbocycles. The lowest BCUT2D eigenvalue weighted by atomic mass is 10.2. The summed E-state index contributed by atoms with van der Waals surface area (Å²) in [4.78, 5) is 0.160. The maximum atomic E-state index is 12.6. The number of sulfonamides is 1. The van der Waals surface area contributed by atoms with Crippen LogP contribution in [0.3, 0.4) is 0 Å². The van der Waals surface area contributed by atoms with E-state index in [-0.39, 0.29) is 11.4 Å². The van der Waals surface area contributed by atoms with Gasteiger partial charge < -0.3 is 9.47 Å². The minimum absolute atomic E-state index is 0.160. The van der Waals surface area contributed by atoms with E-state index >= 15 is 0 Å². The Balaban J connectivity index is 2.26. The third-order valence-corrected chi connectivity index (χ3v) is 5.39. The van der Waals surface area contributed by atoms with Crippen molar-refractivity contribution in [3.05, 3.63) is 53.1 Å². The van der Waals surface area contributed by atoms with Crippen LogP contribution in [0.25, 0.3) is 0 Å². The molecule has 0 saturated heterocycles. The highest BCUT2D eigenvalue weighted by Crippen LogP contribution is 2.28. The predicted molar refractivity (Wildman–Crippen MR) is 89.7 cm³/mol. The van der Waals surface area contributed by atoms with E-state index in [0.717, 1.165) is 5.56 Å². The van der Waals surface area contributed by atoms with Crippen LogP contribution in [0.5, 0.6) is 11.5 Å². The molecule has 124 valence electrons. The van der Waals surface area contributed by atoms with Crippen LogP contribution in [0, 0.1) is 0 Å². The van der Waals surface area contributed by atoms with Gasteiger partial charge in [-0.15, -0.1) is 0 Å². The summed E-state index contributed by atoms with van der Waals surface area (Å²) in [5.41, 5.74) is 0.788. The second kappa shape index (κ2) is 7.21. The number of rotatable bonds is 6. The van der Waals surface area contributed by atoms with Gasteiger partial charge in [-0.3, -0.25) is 0 Å². The zero-order valence-corrected chi connectivity index (χ0v) is 14.7. The lowest BCUT2D eigenvalue weighted by Gasteiger charge is -2.18. The molecule has 7 heteroatoms. The number of hydrogen-bond acceptors (Lipinski definition) is 4. The van der Waals surface area contributed by atoms with E-state index in [1.165, 1.54) is 30.6 Å². The third kappa shape index (κ3) is 3.96. The molecular weight excluding hydrogens is 338 g/mol. The summed E-state index contributed by atoms with van der Waals surface area (Å²) in [6, 6.07) is 11.5. The average molecular weight is 356 g/mol. The van der Waals surface area contributed by atoms with Crippen LogP contribution in [0.1, 0.15) is 5.56 Å². The smallest absolute Gasteiger partial charge is 0.243 e. The Labute approximate surface area is 141 Å². The van der Waals surface area contributed by atoms with Gasteiger partial charge in [-0.25, -0.2) is 8.42 Å². The third-order valence-electron chi connectivity index (χ3n) is 3.36. The largest absolute Gasteiger partial charge is 0.493 e. The van der Waals surface area contributed by atoms with E-state index in [1.54, 1.807) is 37.4 Å². The number of methoxy groups -OCH3 is 2.